The van der Waals surface area contributed by atoms with E-state index in [-0.39, 0.29) is 19.3 Å². The number of aliphatic hydroxyl groups excluding tert-OH is 2. The van der Waals surface area contributed by atoms with Crippen LogP contribution in [0.3, 0.4) is 0 Å². The van der Waals surface area contributed by atoms with Gasteiger partial charge in [0.05, 0.1) is 6.61 Å². The minimum absolute atomic E-state index is 0.0399. The van der Waals surface area contributed by atoms with Crippen LogP contribution >= 0.6 is 0 Å². The summed E-state index contributed by atoms with van der Waals surface area (Å²) in [4.78, 5) is 0. The molecule has 3 N–H and O–H groups in total. The van der Waals surface area contributed by atoms with Gasteiger partial charge in [0.1, 0.15) is 18.5 Å². The minimum Gasteiger partial charge on any atom is -0.491 e. The van der Waals surface area contributed by atoms with Crippen molar-refractivity contribution in [2.75, 3.05) is 33.5 Å². The van der Waals surface area contributed by atoms with Gasteiger partial charge in [0.15, 0.2) is 0 Å². The molecule has 1 aromatic rings. The third-order valence-corrected chi connectivity index (χ3v) is 3.01. The first-order chi connectivity index (χ1) is 9.67. The Balaban J connectivity index is 2.29. The molecule has 20 heavy (non-hydrogen) atoms. The van der Waals surface area contributed by atoms with E-state index < -0.39 is 6.10 Å². The highest BCUT2D eigenvalue weighted by Gasteiger charge is 2.11. The summed E-state index contributed by atoms with van der Waals surface area (Å²) in [6.45, 7) is 3.20. The lowest BCUT2D eigenvalue weighted by Gasteiger charge is -2.20. The van der Waals surface area contributed by atoms with E-state index in [9.17, 15) is 5.11 Å². The molecule has 0 aliphatic heterocycles. The number of para-hydroxylation sites is 1. The van der Waals surface area contributed by atoms with Crippen molar-refractivity contribution in [2.45, 2.75) is 25.5 Å². The summed E-state index contributed by atoms with van der Waals surface area (Å²) in [7, 11) is 1.61. The van der Waals surface area contributed by atoms with E-state index in [1.807, 2.05) is 31.2 Å². The molecule has 0 saturated heterocycles. The molecule has 114 valence electrons. The van der Waals surface area contributed by atoms with Crippen LogP contribution in [0.15, 0.2) is 24.3 Å². The number of methoxy groups -OCH3 is 1. The largest absolute Gasteiger partial charge is 0.491 e. The number of hydrogen-bond acceptors (Lipinski definition) is 5. The van der Waals surface area contributed by atoms with Crippen LogP contribution in [0.4, 0.5) is 0 Å². The molecule has 0 aromatic heterocycles. The van der Waals surface area contributed by atoms with Gasteiger partial charge in [0.2, 0.25) is 0 Å². The second-order valence-corrected chi connectivity index (χ2v) is 4.80. The molecule has 0 radical (unpaired) electrons. The topological polar surface area (TPSA) is 71.0 Å². The molecule has 0 bridgehead atoms. The quantitative estimate of drug-likeness (QED) is 0.590. The first-order valence-corrected chi connectivity index (χ1v) is 6.87. The number of benzene rings is 1. The summed E-state index contributed by atoms with van der Waals surface area (Å²) in [5, 5.41) is 22.0. The molecule has 1 rings (SSSR count). The molecule has 0 fully saturated rings. The molecular formula is C15H25NO4. The Hall–Kier alpha value is -1.14. The predicted molar refractivity (Wildman–Crippen MR) is 78.1 cm³/mol. The van der Waals surface area contributed by atoms with Gasteiger partial charge >= 0.3 is 0 Å². The van der Waals surface area contributed by atoms with Gasteiger partial charge in [0.25, 0.3) is 0 Å². The average Bonchev–Trinajstić information content (AvgIpc) is 2.44. The molecule has 2 atom stereocenters. The molecule has 0 amide bonds. The van der Waals surface area contributed by atoms with Crippen molar-refractivity contribution in [3.05, 3.63) is 29.8 Å². The molecule has 0 heterocycles. The van der Waals surface area contributed by atoms with Gasteiger partial charge in [-0.15, -0.1) is 0 Å². The number of aliphatic hydroxyl groups is 2. The van der Waals surface area contributed by atoms with Gasteiger partial charge in [-0.2, -0.15) is 0 Å². The lowest BCUT2D eigenvalue weighted by atomic mass is 10.2. The summed E-state index contributed by atoms with van der Waals surface area (Å²) >= 11 is 0. The maximum atomic E-state index is 9.90. The van der Waals surface area contributed by atoms with Crippen LogP contribution in [-0.4, -0.2) is 55.8 Å². The Morgan fingerprint density at radius 1 is 1.25 bits per heavy atom. The van der Waals surface area contributed by atoms with E-state index in [0.717, 1.165) is 11.3 Å². The lowest BCUT2D eigenvalue weighted by molar-refractivity contribution is 0.0917. The Labute approximate surface area is 120 Å². The van der Waals surface area contributed by atoms with Crippen LogP contribution in [-0.2, 0) is 4.74 Å². The Morgan fingerprint density at radius 2 is 2.00 bits per heavy atom. The molecule has 2 unspecified atom stereocenters. The fourth-order valence-electron chi connectivity index (χ4n) is 1.87. The predicted octanol–water partition coefficient (Wildman–Crippen LogP) is 0.722. The standard InChI is InChI=1S/C15H25NO4/c1-12-5-3-4-6-15(12)20-11-14(18)9-16-13(7-8-17)10-19-2/h3-6,13-14,16-18H,7-11H2,1-2H3. The molecule has 0 spiro atoms. The normalized spacial score (nSPS) is 14.0. The van der Waals surface area contributed by atoms with Crippen LogP contribution in [0.1, 0.15) is 12.0 Å². The van der Waals surface area contributed by atoms with E-state index in [0.29, 0.717) is 19.6 Å². The number of hydrogen-bond donors (Lipinski definition) is 3. The number of rotatable bonds is 10. The summed E-state index contributed by atoms with van der Waals surface area (Å²) in [6, 6.07) is 7.75. The van der Waals surface area contributed by atoms with E-state index in [1.54, 1.807) is 7.11 Å². The molecule has 0 aliphatic carbocycles. The summed E-state index contributed by atoms with van der Waals surface area (Å²) in [5.41, 5.74) is 1.05. The van der Waals surface area contributed by atoms with Crippen molar-refractivity contribution in [2.24, 2.45) is 0 Å². The zero-order valence-corrected chi connectivity index (χ0v) is 12.2. The Kier molecular flexibility index (Phi) is 8.22. The van der Waals surface area contributed by atoms with Gasteiger partial charge in [-0.3, -0.25) is 0 Å². The lowest BCUT2D eigenvalue weighted by Crippen LogP contribution is -2.40. The first kappa shape index (κ1) is 16.9. The van der Waals surface area contributed by atoms with Crippen molar-refractivity contribution in [1.82, 2.24) is 5.32 Å². The minimum atomic E-state index is -0.604. The monoisotopic (exact) mass is 283 g/mol. The van der Waals surface area contributed by atoms with Crippen molar-refractivity contribution >= 4 is 0 Å². The van der Waals surface area contributed by atoms with Crippen LogP contribution in [0.2, 0.25) is 0 Å². The van der Waals surface area contributed by atoms with Crippen molar-refractivity contribution in [3.63, 3.8) is 0 Å². The summed E-state index contributed by atoms with van der Waals surface area (Å²) < 4.78 is 10.6. The number of ether oxygens (including phenoxy) is 2. The highest BCUT2D eigenvalue weighted by molar-refractivity contribution is 5.31. The van der Waals surface area contributed by atoms with Gasteiger partial charge in [-0.25, -0.2) is 0 Å². The van der Waals surface area contributed by atoms with Crippen LogP contribution in [0.25, 0.3) is 0 Å². The summed E-state index contributed by atoms with van der Waals surface area (Å²) in [6.07, 6.45) is -0.00758. The van der Waals surface area contributed by atoms with E-state index in [4.69, 9.17) is 14.6 Å². The first-order valence-electron chi connectivity index (χ1n) is 6.87. The molecule has 0 aliphatic rings. The zero-order chi connectivity index (χ0) is 14.8. The van der Waals surface area contributed by atoms with Crippen LogP contribution in [0.5, 0.6) is 5.75 Å². The molecule has 5 nitrogen and oxygen atoms in total. The fraction of sp³-hybridized carbons (Fsp3) is 0.600. The maximum absolute atomic E-state index is 9.90. The highest BCUT2D eigenvalue weighted by atomic mass is 16.5. The van der Waals surface area contributed by atoms with Gasteiger partial charge < -0.3 is 25.0 Å². The van der Waals surface area contributed by atoms with Crippen LogP contribution < -0.4 is 10.1 Å². The van der Waals surface area contributed by atoms with E-state index >= 15 is 0 Å². The highest BCUT2D eigenvalue weighted by Crippen LogP contribution is 2.16. The molecular weight excluding hydrogens is 258 g/mol. The third-order valence-electron chi connectivity index (χ3n) is 3.01. The van der Waals surface area contributed by atoms with Gasteiger partial charge in [0, 0.05) is 26.3 Å². The number of aryl methyl sites for hydroxylation is 1. The SMILES string of the molecule is COCC(CCO)NCC(O)COc1ccccc1C. The van der Waals surface area contributed by atoms with Crippen molar-refractivity contribution in [1.29, 1.82) is 0 Å². The second kappa shape index (κ2) is 9.72. The third kappa shape index (κ3) is 6.34. The zero-order valence-electron chi connectivity index (χ0n) is 12.2. The second-order valence-electron chi connectivity index (χ2n) is 4.80. The van der Waals surface area contributed by atoms with Crippen LogP contribution in [0, 0.1) is 6.92 Å². The molecule has 5 heteroatoms. The van der Waals surface area contributed by atoms with E-state index in [2.05, 4.69) is 5.32 Å². The Bertz CT molecular complexity index is 367. The van der Waals surface area contributed by atoms with Crippen molar-refractivity contribution < 1.29 is 19.7 Å². The Morgan fingerprint density at radius 3 is 2.65 bits per heavy atom. The van der Waals surface area contributed by atoms with Gasteiger partial charge in [-0.1, -0.05) is 18.2 Å². The molecule has 1 aromatic carbocycles. The summed E-state index contributed by atoms with van der Waals surface area (Å²) in [5.74, 6) is 0.787. The fourth-order valence-corrected chi connectivity index (χ4v) is 1.87. The maximum Gasteiger partial charge on any atom is 0.122 e. The smallest absolute Gasteiger partial charge is 0.122 e. The number of nitrogens with one attached hydrogen (secondary N) is 1. The van der Waals surface area contributed by atoms with E-state index in [1.165, 1.54) is 0 Å². The average molecular weight is 283 g/mol. The van der Waals surface area contributed by atoms with Crippen molar-refractivity contribution in [3.8, 4) is 5.75 Å². The van der Waals surface area contributed by atoms with Gasteiger partial charge in [-0.05, 0) is 25.0 Å². The molecule has 0 saturated carbocycles.